The zero-order valence-corrected chi connectivity index (χ0v) is 12.7. The Morgan fingerprint density at radius 2 is 1.57 bits per heavy atom. The van der Waals surface area contributed by atoms with E-state index < -0.39 is 0 Å². The first-order valence-electron chi connectivity index (χ1n) is 7.93. The molecule has 0 aromatic carbocycles. The van der Waals surface area contributed by atoms with Crippen LogP contribution in [0.15, 0.2) is 0 Å². The molecule has 118 valence electrons. The molecule has 0 aromatic rings. The van der Waals surface area contributed by atoms with E-state index in [9.17, 15) is 14.4 Å². The Labute approximate surface area is 125 Å². The van der Waals surface area contributed by atoms with Crippen LogP contribution in [0.4, 0.5) is 4.79 Å². The zero-order valence-electron chi connectivity index (χ0n) is 12.7. The van der Waals surface area contributed by atoms with Crippen LogP contribution in [0.25, 0.3) is 0 Å². The summed E-state index contributed by atoms with van der Waals surface area (Å²) in [4.78, 5) is 36.9. The molecule has 1 aliphatic heterocycles. The lowest BCUT2D eigenvalue weighted by Gasteiger charge is -2.30. The highest BCUT2D eigenvalue weighted by molar-refractivity contribution is 5.95. The number of hydrogen-bond acceptors (Lipinski definition) is 3. The first-order valence-corrected chi connectivity index (χ1v) is 7.93. The average molecular weight is 295 g/mol. The molecule has 1 heterocycles. The quantitative estimate of drug-likeness (QED) is 0.808. The van der Waals surface area contributed by atoms with Crippen molar-refractivity contribution in [3.8, 4) is 0 Å². The third kappa shape index (κ3) is 4.72. The van der Waals surface area contributed by atoms with Gasteiger partial charge in [-0.3, -0.25) is 14.9 Å². The van der Waals surface area contributed by atoms with Gasteiger partial charge in [-0.2, -0.15) is 0 Å². The van der Waals surface area contributed by atoms with Gasteiger partial charge in [0.2, 0.25) is 11.8 Å². The largest absolute Gasteiger partial charge is 0.343 e. The summed E-state index contributed by atoms with van der Waals surface area (Å²) in [5.74, 6) is -0.340. The van der Waals surface area contributed by atoms with Crippen LogP contribution in [0.3, 0.4) is 0 Å². The van der Waals surface area contributed by atoms with E-state index in [4.69, 9.17) is 0 Å². The van der Waals surface area contributed by atoms with E-state index >= 15 is 0 Å². The smallest absolute Gasteiger partial charge is 0.321 e. The second-order valence-corrected chi connectivity index (χ2v) is 6.08. The number of carbonyl (C=O) groups excluding carboxylic acids is 3. The molecule has 6 heteroatoms. The van der Waals surface area contributed by atoms with E-state index in [1.165, 1.54) is 13.3 Å². The van der Waals surface area contributed by atoms with E-state index in [1.54, 1.807) is 4.90 Å². The van der Waals surface area contributed by atoms with Crippen molar-refractivity contribution >= 4 is 17.8 Å². The number of piperidine rings is 1. The van der Waals surface area contributed by atoms with E-state index in [1.807, 2.05) is 0 Å². The summed E-state index contributed by atoms with van der Waals surface area (Å²) >= 11 is 0. The van der Waals surface area contributed by atoms with Gasteiger partial charge in [0.25, 0.3) is 0 Å². The average Bonchev–Trinajstić information content (AvgIpc) is 2.48. The van der Waals surface area contributed by atoms with Crippen LogP contribution >= 0.6 is 0 Å². The van der Waals surface area contributed by atoms with Crippen molar-refractivity contribution in [1.82, 2.24) is 15.5 Å². The third-order valence-corrected chi connectivity index (χ3v) is 4.49. The van der Waals surface area contributed by atoms with Gasteiger partial charge in [0.15, 0.2) is 0 Å². The number of likely N-dealkylation sites (tertiary alicyclic amines) is 1. The van der Waals surface area contributed by atoms with Crippen molar-refractivity contribution in [3.05, 3.63) is 0 Å². The molecule has 2 fully saturated rings. The molecule has 0 atom stereocenters. The monoisotopic (exact) mass is 295 g/mol. The molecule has 0 radical (unpaired) electrons. The molecule has 0 unspecified atom stereocenters. The third-order valence-electron chi connectivity index (χ3n) is 4.49. The summed E-state index contributed by atoms with van der Waals surface area (Å²) in [6, 6.07) is -0.174. The zero-order chi connectivity index (χ0) is 15.2. The predicted molar refractivity (Wildman–Crippen MR) is 78.5 cm³/mol. The van der Waals surface area contributed by atoms with Crippen molar-refractivity contribution in [2.24, 2.45) is 5.92 Å². The maximum Gasteiger partial charge on any atom is 0.321 e. The minimum Gasteiger partial charge on any atom is -0.343 e. The summed E-state index contributed by atoms with van der Waals surface area (Å²) in [6.07, 6.45) is 6.76. The fourth-order valence-corrected chi connectivity index (χ4v) is 3.14. The van der Waals surface area contributed by atoms with Gasteiger partial charge < -0.3 is 10.2 Å². The number of hydrogen-bond donors (Lipinski definition) is 2. The molecule has 0 spiro atoms. The Morgan fingerprint density at radius 1 is 0.952 bits per heavy atom. The Kier molecular flexibility index (Phi) is 5.59. The van der Waals surface area contributed by atoms with Gasteiger partial charge >= 0.3 is 6.03 Å². The highest BCUT2D eigenvalue weighted by atomic mass is 16.2. The highest BCUT2D eigenvalue weighted by Crippen LogP contribution is 2.18. The first-order chi connectivity index (χ1) is 10.1. The lowest BCUT2D eigenvalue weighted by atomic mass is 9.95. The summed E-state index contributed by atoms with van der Waals surface area (Å²) in [7, 11) is 0. The number of nitrogens with zero attached hydrogens (tertiary/aromatic N) is 1. The number of amides is 4. The first kappa shape index (κ1) is 15.8. The van der Waals surface area contributed by atoms with Gasteiger partial charge in [0.05, 0.1) is 0 Å². The number of urea groups is 1. The lowest BCUT2D eigenvalue weighted by Crippen LogP contribution is -2.49. The van der Waals surface area contributed by atoms with Crippen LogP contribution in [-0.2, 0) is 9.59 Å². The second-order valence-electron chi connectivity index (χ2n) is 6.08. The number of carbonyl (C=O) groups is 3. The lowest BCUT2D eigenvalue weighted by molar-refractivity contribution is -0.133. The van der Waals surface area contributed by atoms with E-state index in [0.29, 0.717) is 25.9 Å². The van der Waals surface area contributed by atoms with Crippen molar-refractivity contribution in [2.75, 3.05) is 13.1 Å². The Hall–Kier alpha value is -1.59. The van der Waals surface area contributed by atoms with E-state index in [0.717, 1.165) is 25.7 Å². The van der Waals surface area contributed by atoms with Crippen LogP contribution in [0.1, 0.15) is 51.9 Å². The van der Waals surface area contributed by atoms with Gasteiger partial charge in [0.1, 0.15) is 0 Å². The maximum atomic E-state index is 12.1. The number of rotatable bonds is 2. The van der Waals surface area contributed by atoms with Crippen LogP contribution in [0.2, 0.25) is 0 Å². The van der Waals surface area contributed by atoms with Crippen molar-refractivity contribution in [3.63, 3.8) is 0 Å². The Bertz CT molecular complexity index is 397. The van der Waals surface area contributed by atoms with Crippen LogP contribution in [-0.4, -0.2) is 41.9 Å². The molecule has 1 saturated heterocycles. The molecule has 2 rings (SSSR count). The van der Waals surface area contributed by atoms with Gasteiger partial charge in [-0.1, -0.05) is 19.3 Å². The van der Waals surface area contributed by atoms with Gasteiger partial charge in [-0.05, 0) is 25.7 Å². The fraction of sp³-hybridized carbons (Fsp3) is 0.800. The molecule has 2 N–H and O–H groups in total. The molecule has 0 aromatic heterocycles. The van der Waals surface area contributed by atoms with Crippen LogP contribution < -0.4 is 10.6 Å². The standard InChI is InChI=1S/C15H25N3O3/c1-11(19)18-9-7-12(8-10-18)14(20)17-15(21)16-13-5-3-2-4-6-13/h12-13H,2-10H2,1H3,(H2,16,17,20,21). The molecule has 2 aliphatic rings. The number of imide groups is 1. The second kappa shape index (κ2) is 7.43. The number of nitrogens with one attached hydrogen (secondary N) is 2. The Balaban J connectivity index is 1.71. The Morgan fingerprint density at radius 3 is 2.14 bits per heavy atom. The van der Waals surface area contributed by atoms with Gasteiger partial charge in [0, 0.05) is 32.0 Å². The summed E-state index contributed by atoms with van der Waals surface area (Å²) in [6.45, 7) is 2.73. The summed E-state index contributed by atoms with van der Waals surface area (Å²) < 4.78 is 0. The molecular formula is C15H25N3O3. The van der Waals surface area contributed by atoms with E-state index in [-0.39, 0.29) is 29.8 Å². The molecule has 6 nitrogen and oxygen atoms in total. The topological polar surface area (TPSA) is 78.5 Å². The molecule has 1 aliphatic carbocycles. The maximum absolute atomic E-state index is 12.1. The molecule has 21 heavy (non-hydrogen) atoms. The fourth-order valence-electron chi connectivity index (χ4n) is 3.14. The van der Waals surface area contributed by atoms with Crippen LogP contribution in [0.5, 0.6) is 0 Å². The molecular weight excluding hydrogens is 270 g/mol. The molecule has 1 saturated carbocycles. The SMILES string of the molecule is CC(=O)N1CCC(C(=O)NC(=O)NC2CCCCC2)CC1. The van der Waals surface area contributed by atoms with Gasteiger partial charge in [-0.15, -0.1) is 0 Å². The normalized spacial score (nSPS) is 20.9. The van der Waals surface area contributed by atoms with Gasteiger partial charge in [-0.25, -0.2) is 4.79 Å². The van der Waals surface area contributed by atoms with Crippen LogP contribution in [0, 0.1) is 5.92 Å². The minimum absolute atomic E-state index is 0.0453. The van der Waals surface area contributed by atoms with E-state index in [2.05, 4.69) is 10.6 Å². The predicted octanol–water partition coefficient (Wildman–Crippen LogP) is 1.40. The highest BCUT2D eigenvalue weighted by Gasteiger charge is 2.27. The summed E-state index contributed by atoms with van der Waals surface area (Å²) in [5.41, 5.74) is 0. The minimum atomic E-state index is -0.374. The summed E-state index contributed by atoms with van der Waals surface area (Å²) in [5, 5.41) is 5.33. The van der Waals surface area contributed by atoms with Crippen molar-refractivity contribution in [1.29, 1.82) is 0 Å². The van der Waals surface area contributed by atoms with Crippen molar-refractivity contribution in [2.45, 2.75) is 57.9 Å². The molecule has 4 amide bonds. The van der Waals surface area contributed by atoms with Crippen molar-refractivity contribution < 1.29 is 14.4 Å². The molecule has 0 bridgehead atoms.